The Balaban J connectivity index is 1.54. The van der Waals surface area contributed by atoms with Gasteiger partial charge in [-0.1, -0.05) is 61.0 Å². The van der Waals surface area contributed by atoms with Gasteiger partial charge in [-0.25, -0.2) is 0 Å². The fourth-order valence-corrected chi connectivity index (χ4v) is 4.27. The van der Waals surface area contributed by atoms with E-state index in [1.165, 1.54) is 61.4 Å². The molecular formula is C22H27N. The van der Waals surface area contributed by atoms with Gasteiger partial charge in [0.05, 0.1) is 0 Å². The van der Waals surface area contributed by atoms with Gasteiger partial charge in [0.15, 0.2) is 0 Å². The Kier molecular flexibility index (Phi) is 3.98. The van der Waals surface area contributed by atoms with Gasteiger partial charge in [0.25, 0.3) is 0 Å². The average molecular weight is 305 g/mol. The number of nitrogens with zero attached hydrogens (tertiary/aromatic N) is 1. The zero-order chi connectivity index (χ0) is 15.7. The predicted molar refractivity (Wildman–Crippen MR) is 99.6 cm³/mol. The highest BCUT2D eigenvalue weighted by Crippen LogP contribution is 2.40. The molecule has 0 spiro atoms. The van der Waals surface area contributed by atoms with Crippen molar-refractivity contribution in [1.82, 2.24) is 4.90 Å². The average Bonchev–Trinajstić information content (AvgIpc) is 3.40. The third kappa shape index (κ3) is 3.07. The molecule has 1 heterocycles. The van der Waals surface area contributed by atoms with E-state index in [2.05, 4.69) is 66.4 Å². The Morgan fingerprint density at radius 3 is 2.78 bits per heavy atom. The lowest BCUT2D eigenvalue weighted by molar-refractivity contribution is 0.0557. The fourth-order valence-electron chi connectivity index (χ4n) is 4.27. The van der Waals surface area contributed by atoms with Crippen LogP contribution in [0, 0.1) is 0 Å². The number of hydrogen-bond donors (Lipinski definition) is 0. The third-order valence-electron chi connectivity index (χ3n) is 5.72. The van der Waals surface area contributed by atoms with Crippen molar-refractivity contribution in [2.24, 2.45) is 0 Å². The second kappa shape index (κ2) is 6.13. The molecule has 0 bridgehead atoms. The molecule has 0 N–H and O–H groups in total. The van der Waals surface area contributed by atoms with Crippen LogP contribution in [0.5, 0.6) is 0 Å². The highest BCUT2D eigenvalue weighted by molar-refractivity contribution is 5.90. The molecule has 0 aromatic heterocycles. The van der Waals surface area contributed by atoms with Crippen molar-refractivity contribution in [3.63, 3.8) is 0 Å². The van der Waals surface area contributed by atoms with Crippen molar-refractivity contribution in [2.75, 3.05) is 6.54 Å². The number of fused-ring (bicyclic) bond motifs is 1. The van der Waals surface area contributed by atoms with E-state index < -0.39 is 0 Å². The van der Waals surface area contributed by atoms with Gasteiger partial charge in [0.1, 0.15) is 0 Å². The van der Waals surface area contributed by atoms with Crippen molar-refractivity contribution in [3.05, 3.63) is 54.1 Å². The summed E-state index contributed by atoms with van der Waals surface area (Å²) in [6.45, 7) is 3.79. The normalized spacial score (nSPS) is 26.1. The maximum absolute atomic E-state index is 2.81. The summed E-state index contributed by atoms with van der Waals surface area (Å²) in [4.78, 5) is 2.81. The molecule has 23 heavy (non-hydrogen) atoms. The molecule has 120 valence electrons. The van der Waals surface area contributed by atoms with E-state index in [0.717, 1.165) is 6.04 Å². The van der Waals surface area contributed by atoms with Crippen molar-refractivity contribution in [2.45, 2.75) is 57.0 Å². The minimum atomic E-state index is 0.375. The van der Waals surface area contributed by atoms with Crippen molar-refractivity contribution in [3.8, 4) is 0 Å². The summed E-state index contributed by atoms with van der Waals surface area (Å²) < 4.78 is 0. The SMILES string of the molecule is CC1(CC=Cc2cccc3ccccc23)CCCCN1C1CC1. The van der Waals surface area contributed by atoms with Gasteiger partial charge in [0.2, 0.25) is 0 Å². The summed E-state index contributed by atoms with van der Waals surface area (Å²) in [7, 11) is 0. The van der Waals surface area contributed by atoms with Crippen molar-refractivity contribution in [1.29, 1.82) is 0 Å². The molecule has 2 aromatic rings. The largest absolute Gasteiger partial charge is 0.295 e. The Morgan fingerprint density at radius 1 is 1.09 bits per heavy atom. The first-order valence-electron chi connectivity index (χ1n) is 9.17. The third-order valence-corrected chi connectivity index (χ3v) is 5.72. The van der Waals surface area contributed by atoms with Crippen LogP contribution in [-0.2, 0) is 0 Å². The second-order valence-electron chi connectivity index (χ2n) is 7.55. The molecule has 2 aliphatic rings. The first kappa shape index (κ1) is 15.0. The van der Waals surface area contributed by atoms with Crippen LogP contribution in [0.25, 0.3) is 16.8 Å². The number of likely N-dealkylation sites (tertiary alicyclic amines) is 1. The number of benzene rings is 2. The lowest BCUT2D eigenvalue weighted by Crippen LogP contribution is -2.50. The first-order valence-corrected chi connectivity index (χ1v) is 9.17. The molecule has 1 aliphatic heterocycles. The molecule has 0 amide bonds. The smallest absolute Gasteiger partial charge is 0.0218 e. The minimum absolute atomic E-state index is 0.375. The Bertz CT molecular complexity index is 707. The summed E-state index contributed by atoms with van der Waals surface area (Å²) in [5, 5.41) is 2.69. The van der Waals surface area contributed by atoms with Crippen molar-refractivity contribution < 1.29 is 0 Å². The molecule has 2 fully saturated rings. The van der Waals surface area contributed by atoms with Crippen LogP contribution in [0.15, 0.2) is 48.5 Å². The Labute approximate surface area is 140 Å². The molecule has 1 aliphatic carbocycles. The van der Waals surface area contributed by atoms with Gasteiger partial charge < -0.3 is 0 Å². The molecule has 1 atom stereocenters. The first-order chi connectivity index (χ1) is 11.3. The van der Waals surface area contributed by atoms with E-state index in [1.54, 1.807) is 0 Å². The molecule has 1 saturated heterocycles. The van der Waals surface area contributed by atoms with Crippen LogP contribution < -0.4 is 0 Å². The summed E-state index contributed by atoms with van der Waals surface area (Å²) >= 11 is 0. The summed E-state index contributed by atoms with van der Waals surface area (Å²) in [5.41, 5.74) is 1.72. The summed E-state index contributed by atoms with van der Waals surface area (Å²) in [5.74, 6) is 0. The highest BCUT2D eigenvalue weighted by Gasteiger charge is 2.41. The van der Waals surface area contributed by atoms with Gasteiger partial charge in [-0.2, -0.15) is 0 Å². The zero-order valence-electron chi connectivity index (χ0n) is 14.2. The Morgan fingerprint density at radius 2 is 1.91 bits per heavy atom. The number of hydrogen-bond acceptors (Lipinski definition) is 1. The molecule has 1 unspecified atom stereocenters. The quantitative estimate of drug-likeness (QED) is 0.705. The maximum Gasteiger partial charge on any atom is 0.0218 e. The number of rotatable bonds is 4. The van der Waals surface area contributed by atoms with E-state index in [-0.39, 0.29) is 0 Å². The molecule has 1 heteroatoms. The molecular weight excluding hydrogens is 278 g/mol. The van der Waals surface area contributed by atoms with Gasteiger partial charge in [0, 0.05) is 11.6 Å². The van der Waals surface area contributed by atoms with Gasteiger partial charge in [-0.05, 0) is 61.9 Å². The molecule has 1 nitrogen and oxygen atoms in total. The lowest BCUT2D eigenvalue weighted by Gasteiger charge is -2.45. The van der Waals surface area contributed by atoms with E-state index in [1.807, 2.05) is 0 Å². The monoisotopic (exact) mass is 305 g/mol. The van der Waals surface area contributed by atoms with Gasteiger partial charge in [-0.15, -0.1) is 0 Å². The van der Waals surface area contributed by atoms with Crippen LogP contribution in [0.2, 0.25) is 0 Å². The zero-order valence-corrected chi connectivity index (χ0v) is 14.2. The molecule has 4 rings (SSSR count). The molecule has 2 aromatic carbocycles. The van der Waals surface area contributed by atoms with Crippen LogP contribution >= 0.6 is 0 Å². The van der Waals surface area contributed by atoms with E-state index >= 15 is 0 Å². The number of piperidine rings is 1. The maximum atomic E-state index is 2.81. The van der Waals surface area contributed by atoms with Crippen LogP contribution in [-0.4, -0.2) is 23.0 Å². The van der Waals surface area contributed by atoms with Gasteiger partial charge >= 0.3 is 0 Å². The second-order valence-corrected chi connectivity index (χ2v) is 7.55. The van der Waals surface area contributed by atoms with Crippen LogP contribution in [0.4, 0.5) is 0 Å². The van der Waals surface area contributed by atoms with E-state index in [9.17, 15) is 0 Å². The topological polar surface area (TPSA) is 3.24 Å². The fraction of sp³-hybridized carbons (Fsp3) is 0.455. The van der Waals surface area contributed by atoms with E-state index in [0.29, 0.717) is 5.54 Å². The Hall–Kier alpha value is -1.60. The molecule has 1 saturated carbocycles. The van der Waals surface area contributed by atoms with Crippen LogP contribution in [0.3, 0.4) is 0 Å². The van der Waals surface area contributed by atoms with Crippen LogP contribution in [0.1, 0.15) is 51.0 Å². The van der Waals surface area contributed by atoms with E-state index in [4.69, 9.17) is 0 Å². The standard InChI is InChI=1S/C22H27N/c1-22(15-4-5-17-23(22)20-13-14-20)16-7-11-19-10-6-9-18-8-2-3-12-21(18)19/h2-3,6-12,20H,4-5,13-17H2,1H3. The summed E-state index contributed by atoms with van der Waals surface area (Å²) in [6, 6.07) is 16.2. The molecule has 0 radical (unpaired) electrons. The minimum Gasteiger partial charge on any atom is -0.295 e. The van der Waals surface area contributed by atoms with Gasteiger partial charge in [-0.3, -0.25) is 4.90 Å². The highest BCUT2D eigenvalue weighted by atomic mass is 15.2. The predicted octanol–water partition coefficient (Wildman–Crippen LogP) is 5.65. The summed E-state index contributed by atoms with van der Waals surface area (Å²) in [6.07, 6.45) is 12.9. The lowest BCUT2D eigenvalue weighted by atomic mass is 9.85. The van der Waals surface area contributed by atoms with Crippen molar-refractivity contribution >= 4 is 16.8 Å².